The summed E-state index contributed by atoms with van der Waals surface area (Å²) in [6, 6.07) is 1.98. The molecule has 1 fully saturated rings. The molecule has 3 rings (SSSR count). The fraction of sp³-hybridized carbons (Fsp3) is 0.500. The fourth-order valence-corrected chi connectivity index (χ4v) is 3.51. The third kappa shape index (κ3) is 2.18. The molecule has 1 aliphatic rings. The number of rotatable bonds is 1. The van der Waals surface area contributed by atoms with E-state index < -0.39 is 0 Å². The largest absolute Gasteiger partial charge is 0.337 e. The van der Waals surface area contributed by atoms with E-state index in [-0.39, 0.29) is 5.91 Å². The van der Waals surface area contributed by atoms with Gasteiger partial charge in [-0.05, 0) is 26.8 Å². The third-order valence-corrected chi connectivity index (χ3v) is 4.52. The molecular formula is C14H18N4OS. The molecule has 1 aliphatic heterocycles. The molecule has 106 valence electrons. The Hall–Kier alpha value is -1.56. The lowest BCUT2D eigenvalue weighted by Crippen LogP contribution is -2.38. The summed E-state index contributed by atoms with van der Waals surface area (Å²) >= 11 is 1.90. The number of carbonyl (C=O) groups is 1. The highest BCUT2D eigenvalue weighted by Gasteiger charge is 2.25. The molecule has 20 heavy (non-hydrogen) atoms. The summed E-state index contributed by atoms with van der Waals surface area (Å²) in [5.74, 6) is 2.08. The van der Waals surface area contributed by atoms with Crippen LogP contribution in [-0.2, 0) is 0 Å². The van der Waals surface area contributed by atoms with Crippen LogP contribution in [0.4, 0.5) is 0 Å². The van der Waals surface area contributed by atoms with Crippen molar-refractivity contribution < 1.29 is 4.79 Å². The molecule has 2 aromatic heterocycles. The highest BCUT2D eigenvalue weighted by molar-refractivity contribution is 7.99. The first-order valence-corrected chi connectivity index (χ1v) is 7.94. The molecule has 0 atom stereocenters. The Balaban J connectivity index is 2.10. The Morgan fingerprint density at radius 1 is 1.25 bits per heavy atom. The Kier molecular flexibility index (Phi) is 3.41. The van der Waals surface area contributed by atoms with Crippen LogP contribution in [0.3, 0.4) is 0 Å². The number of hydrogen-bond acceptors (Lipinski definition) is 4. The van der Waals surface area contributed by atoms with Crippen molar-refractivity contribution in [2.75, 3.05) is 24.6 Å². The van der Waals surface area contributed by atoms with Crippen molar-refractivity contribution >= 4 is 23.3 Å². The summed E-state index contributed by atoms with van der Waals surface area (Å²) in [6.07, 6.45) is 0. The van der Waals surface area contributed by atoms with Crippen LogP contribution < -0.4 is 0 Å². The van der Waals surface area contributed by atoms with Gasteiger partial charge in [0.15, 0.2) is 5.65 Å². The van der Waals surface area contributed by atoms with E-state index in [9.17, 15) is 4.79 Å². The lowest BCUT2D eigenvalue weighted by molar-refractivity contribution is 0.0773. The standard InChI is InChI=1S/C14H18N4OS/c1-9-8-10(2)18-13(15-9)12(11(3)16-18)14(19)17-4-6-20-7-5-17/h8H,4-7H2,1-3H3. The fourth-order valence-electron chi connectivity index (χ4n) is 2.60. The van der Waals surface area contributed by atoms with Gasteiger partial charge in [-0.2, -0.15) is 16.9 Å². The van der Waals surface area contributed by atoms with Crippen LogP contribution >= 0.6 is 11.8 Å². The third-order valence-electron chi connectivity index (χ3n) is 3.58. The Morgan fingerprint density at radius 2 is 1.95 bits per heavy atom. The van der Waals surface area contributed by atoms with Gasteiger partial charge in [-0.1, -0.05) is 0 Å². The molecule has 0 aliphatic carbocycles. The lowest BCUT2D eigenvalue weighted by Gasteiger charge is -2.26. The highest BCUT2D eigenvalue weighted by atomic mass is 32.2. The first kappa shape index (κ1) is 13.4. The topological polar surface area (TPSA) is 50.5 Å². The van der Waals surface area contributed by atoms with Crippen LogP contribution in [0.15, 0.2) is 6.07 Å². The normalized spacial score (nSPS) is 15.8. The molecule has 1 saturated heterocycles. The van der Waals surface area contributed by atoms with Gasteiger partial charge >= 0.3 is 0 Å². The number of thioether (sulfide) groups is 1. The average Bonchev–Trinajstić information content (AvgIpc) is 2.76. The molecule has 0 radical (unpaired) electrons. The minimum Gasteiger partial charge on any atom is -0.337 e. The zero-order valence-electron chi connectivity index (χ0n) is 12.0. The second-order valence-corrected chi connectivity index (χ2v) is 6.36. The second-order valence-electron chi connectivity index (χ2n) is 5.14. The molecule has 0 unspecified atom stereocenters. The molecule has 3 heterocycles. The predicted octanol–water partition coefficient (Wildman–Crippen LogP) is 1.84. The van der Waals surface area contributed by atoms with Crippen LogP contribution in [0.25, 0.3) is 5.65 Å². The quantitative estimate of drug-likeness (QED) is 0.804. The van der Waals surface area contributed by atoms with E-state index in [1.165, 1.54) is 0 Å². The van der Waals surface area contributed by atoms with Gasteiger partial charge in [-0.3, -0.25) is 4.79 Å². The minimum absolute atomic E-state index is 0.0651. The van der Waals surface area contributed by atoms with E-state index in [0.717, 1.165) is 41.7 Å². The first-order valence-electron chi connectivity index (χ1n) is 6.78. The van der Waals surface area contributed by atoms with E-state index >= 15 is 0 Å². The van der Waals surface area contributed by atoms with E-state index in [1.54, 1.807) is 4.52 Å². The van der Waals surface area contributed by atoms with Crippen LogP contribution in [0, 0.1) is 20.8 Å². The first-order chi connectivity index (χ1) is 9.58. The summed E-state index contributed by atoms with van der Waals surface area (Å²) in [5, 5.41) is 4.47. The summed E-state index contributed by atoms with van der Waals surface area (Å²) < 4.78 is 1.77. The number of fused-ring (bicyclic) bond motifs is 1. The van der Waals surface area contributed by atoms with Crippen molar-refractivity contribution in [3.8, 4) is 0 Å². The lowest BCUT2D eigenvalue weighted by atomic mass is 10.2. The monoisotopic (exact) mass is 290 g/mol. The van der Waals surface area contributed by atoms with Crippen LogP contribution in [-0.4, -0.2) is 50.0 Å². The molecule has 0 N–H and O–H groups in total. The SMILES string of the molecule is Cc1cc(C)n2nc(C)c(C(=O)N3CCSCC3)c2n1. The molecule has 6 heteroatoms. The molecular weight excluding hydrogens is 272 g/mol. The molecule has 0 spiro atoms. The number of nitrogens with zero attached hydrogens (tertiary/aromatic N) is 4. The van der Waals surface area contributed by atoms with Gasteiger partial charge in [0.2, 0.25) is 0 Å². The summed E-state index contributed by atoms with van der Waals surface area (Å²) in [4.78, 5) is 19.2. The van der Waals surface area contributed by atoms with Gasteiger partial charge in [0.1, 0.15) is 5.56 Å². The van der Waals surface area contributed by atoms with Crippen LogP contribution in [0.2, 0.25) is 0 Å². The van der Waals surface area contributed by atoms with E-state index in [4.69, 9.17) is 0 Å². The van der Waals surface area contributed by atoms with Crippen molar-refractivity contribution in [1.82, 2.24) is 19.5 Å². The van der Waals surface area contributed by atoms with Crippen molar-refractivity contribution in [3.05, 3.63) is 28.7 Å². The zero-order chi connectivity index (χ0) is 14.3. The Morgan fingerprint density at radius 3 is 2.65 bits per heavy atom. The molecule has 0 bridgehead atoms. The summed E-state index contributed by atoms with van der Waals surface area (Å²) in [5.41, 5.74) is 4.02. The van der Waals surface area contributed by atoms with Gasteiger partial charge in [-0.25, -0.2) is 9.50 Å². The maximum Gasteiger partial charge on any atom is 0.259 e. The molecule has 5 nitrogen and oxygen atoms in total. The van der Waals surface area contributed by atoms with E-state index in [2.05, 4.69) is 10.1 Å². The van der Waals surface area contributed by atoms with Crippen molar-refractivity contribution in [2.24, 2.45) is 0 Å². The maximum atomic E-state index is 12.7. The number of aryl methyl sites for hydroxylation is 3. The molecule has 2 aromatic rings. The number of hydrogen-bond donors (Lipinski definition) is 0. The zero-order valence-corrected chi connectivity index (χ0v) is 12.8. The van der Waals surface area contributed by atoms with Crippen molar-refractivity contribution in [2.45, 2.75) is 20.8 Å². The van der Waals surface area contributed by atoms with Crippen molar-refractivity contribution in [3.63, 3.8) is 0 Å². The molecule has 1 amide bonds. The Bertz CT molecular complexity index is 673. The maximum absolute atomic E-state index is 12.7. The molecule has 0 aromatic carbocycles. The second kappa shape index (κ2) is 5.09. The summed E-state index contributed by atoms with van der Waals surface area (Å²) in [6.45, 7) is 7.44. The van der Waals surface area contributed by atoms with Gasteiger partial charge in [0.25, 0.3) is 5.91 Å². The van der Waals surface area contributed by atoms with Crippen molar-refractivity contribution in [1.29, 1.82) is 0 Å². The minimum atomic E-state index is 0.0651. The summed E-state index contributed by atoms with van der Waals surface area (Å²) in [7, 11) is 0. The Labute approximate surface area is 122 Å². The number of carbonyl (C=O) groups excluding carboxylic acids is 1. The van der Waals surface area contributed by atoms with Gasteiger partial charge < -0.3 is 4.90 Å². The number of amides is 1. The highest BCUT2D eigenvalue weighted by Crippen LogP contribution is 2.20. The average molecular weight is 290 g/mol. The predicted molar refractivity (Wildman–Crippen MR) is 80.4 cm³/mol. The molecule has 0 saturated carbocycles. The van der Waals surface area contributed by atoms with E-state index in [1.807, 2.05) is 43.5 Å². The van der Waals surface area contributed by atoms with Gasteiger partial charge in [-0.15, -0.1) is 0 Å². The smallest absolute Gasteiger partial charge is 0.259 e. The van der Waals surface area contributed by atoms with Crippen LogP contribution in [0.5, 0.6) is 0 Å². The van der Waals surface area contributed by atoms with Crippen LogP contribution in [0.1, 0.15) is 27.4 Å². The number of aromatic nitrogens is 3. The van der Waals surface area contributed by atoms with Gasteiger partial charge in [0, 0.05) is 36.0 Å². The van der Waals surface area contributed by atoms with E-state index in [0.29, 0.717) is 11.2 Å². The van der Waals surface area contributed by atoms with Gasteiger partial charge in [0.05, 0.1) is 5.69 Å².